The minimum absolute atomic E-state index is 0.214. The number of nitrogens with zero attached hydrogens (tertiary/aromatic N) is 3. The Balaban J connectivity index is 1.50. The summed E-state index contributed by atoms with van der Waals surface area (Å²) in [7, 11) is 2.06. The summed E-state index contributed by atoms with van der Waals surface area (Å²) in [5, 5.41) is 0. The Kier molecular flexibility index (Phi) is 4.62. The lowest BCUT2D eigenvalue weighted by Gasteiger charge is -2.28. The van der Waals surface area contributed by atoms with E-state index in [1.165, 1.54) is 23.2 Å². The summed E-state index contributed by atoms with van der Waals surface area (Å²) >= 11 is 0. The van der Waals surface area contributed by atoms with E-state index in [9.17, 15) is 4.79 Å². The lowest BCUT2D eigenvalue weighted by atomic mass is 10.1. The first kappa shape index (κ1) is 16.4. The molecule has 0 bridgehead atoms. The van der Waals surface area contributed by atoms with E-state index in [4.69, 9.17) is 0 Å². The molecule has 132 valence electrons. The van der Waals surface area contributed by atoms with Gasteiger partial charge in [0, 0.05) is 51.9 Å². The molecule has 0 atom stereocenters. The van der Waals surface area contributed by atoms with Gasteiger partial charge < -0.3 is 9.47 Å². The zero-order chi connectivity index (χ0) is 17.2. The molecule has 0 unspecified atom stereocenters. The highest BCUT2D eigenvalue weighted by molar-refractivity contribution is 5.93. The highest BCUT2D eigenvalue weighted by atomic mass is 16.2. The van der Waals surface area contributed by atoms with Crippen molar-refractivity contribution in [2.75, 3.05) is 19.6 Å². The minimum atomic E-state index is 0.214. The molecule has 2 aromatic rings. The third-order valence-corrected chi connectivity index (χ3v) is 5.62. The van der Waals surface area contributed by atoms with Crippen LogP contribution in [0.15, 0.2) is 36.4 Å². The van der Waals surface area contributed by atoms with E-state index in [0.717, 1.165) is 57.7 Å². The van der Waals surface area contributed by atoms with Crippen molar-refractivity contribution in [3.63, 3.8) is 0 Å². The van der Waals surface area contributed by atoms with Crippen molar-refractivity contribution in [2.24, 2.45) is 7.05 Å². The van der Waals surface area contributed by atoms with Gasteiger partial charge >= 0.3 is 0 Å². The summed E-state index contributed by atoms with van der Waals surface area (Å²) in [6.07, 6.45) is 4.55. The zero-order valence-electron chi connectivity index (χ0n) is 15.1. The second-order valence-electron chi connectivity index (χ2n) is 7.36. The van der Waals surface area contributed by atoms with Crippen LogP contribution in [-0.2, 0) is 26.6 Å². The van der Waals surface area contributed by atoms with Crippen molar-refractivity contribution >= 4 is 5.91 Å². The molecule has 1 amide bonds. The van der Waals surface area contributed by atoms with Gasteiger partial charge in [-0.15, -0.1) is 0 Å². The van der Waals surface area contributed by atoms with Crippen LogP contribution in [0.25, 0.3) is 0 Å². The Bertz CT molecular complexity index is 744. The summed E-state index contributed by atoms with van der Waals surface area (Å²) in [6, 6.07) is 12.8. The number of benzene rings is 1. The van der Waals surface area contributed by atoms with Gasteiger partial charge in [-0.3, -0.25) is 9.69 Å². The second-order valence-corrected chi connectivity index (χ2v) is 7.36. The van der Waals surface area contributed by atoms with Gasteiger partial charge in [-0.05, 0) is 36.5 Å². The van der Waals surface area contributed by atoms with Gasteiger partial charge in [-0.1, -0.05) is 30.3 Å². The number of carbonyl (C=O) groups is 1. The van der Waals surface area contributed by atoms with Crippen molar-refractivity contribution in [3.8, 4) is 0 Å². The van der Waals surface area contributed by atoms with Crippen LogP contribution in [0.1, 0.15) is 46.6 Å². The average molecular weight is 337 g/mol. The van der Waals surface area contributed by atoms with Crippen LogP contribution in [0.3, 0.4) is 0 Å². The molecule has 4 nitrogen and oxygen atoms in total. The van der Waals surface area contributed by atoms with Gasteiger partial charge in [0.15, 0.2) is 0 Å². The molecule has 1 saturated heterocycles. The van der Waals surface area contributed by atoms with Crippen LogP contribution in [-0.4, -0.2) is 39.9 Å². The topological polar surface area (TPSA) is 28.5 Å². The first-order valence-corrected chi connectivity index (χ1v) is 9.45. The number of amides is 1. The number of hydrogen-bond acceptors (Lipinski definition) is 2. The summed E-state index contributed by atoms with van der Waals surface area (Å²) < 4.78 is 2.14. The molecule has 1 fully saturated rings. The van der Waals surface area contributed by atoms with Crippen molar-refractivity contribution < 1.29 is 4.79 Å². The van der Waals surface area contributed by atoms with Crippen molar-refractivity contribution in [2.45, 2.75) is 38.8 Å². The zero-order valence-corrected chi connectivity index (χ0v) is 15.1. The summed E-state index contributed by atoms with van der Waals surface area (Å²) in [6.45, 7) is 4.79. The number of fused-ring (bicyclic) bond motifs is 1. The Morgan fingerprint density at radius 2 is 1.80 bits per heavy atom. The lowest BCUT2D eigenvalue weighted by molar-refractivity contribution is 0.0714. The fraction of sp³-hybridized carbons (Fsp3) is 0.476. The van der Waals surface area contributed by atoms with E-state index in [0.29, 0.717) is 0 Å². The maximum absolute atomic E-state index is 12.9. The third-order valence-electron chi connectivity index (χ3n) is 5.62. The average Bonchev–Trinajstić information content (AvgIpc) is 2.99. The number of rotatable bonds is 3. The number of aromatic nitrogens is 1. The Hall–Kier alpha value is -2.07. The van der Waals surface area contributed by atoms with Crippen LogP contribution >= 0.6 is 0 Å². The van der Waals surface area contributed by atoms with Gasteiger partial charge in [0.2, 0.25) is 0 Å². The standard InChI is InChI=1S/C21H27N3O/c1-22-19-10-13-23(15-17-8-4-2-5-9-17)16-18(19)14-20(22)21(25)24-11-6-3-7-12-24/h2,4-5,8-9,14H,3,6-7,10-13,15-16H2,1H3. The minimum Gasteiger partial charge on any atom is -0.343 e. The maximum Gasteiger partial charge on any atom is 0.270 e. The molecule has 0 radical (unpaired) electrons. The quantitative estimate of drug-likeness (QED) is 0.860. The molecule has 4 heteroatoms. The predicted octanol–water partition coefficient (Wildman–Crippen LogP) is 3.21. The van der Waals surface area contributed by atoms with Gasteiger partial charge in [0.25, 0.3) is 5.91 Å². The first-order valence-electron chi connectivity index (χ1n) is 9.45. The van der Waals surface area contributed by atoms with Crippen LogP contribution in [0.5, 0.6) is 0 Å². The van der Waals surface area contributed by atoms with E-state index in [1.807, 2.05) is 4.90 Å². The summed E-state index contributed by atoms with van der Waals surface area (Å²) in [5.74, 6) is 0.214. The van der Waals surface area contributed by atoms with Crippen LogP contribution in [0, 0.1) is 0 Å². The second kappa shape index (κ2) is 7.04. The smallest absolute Gasteiger partial charge is 0.270 e. The van der Waals surface area contributed by atoms with Crippen LogP contribution in [0.2, 0.25) is 0 Å². The molecule has 1 aromatic heterocycles. The van der Waals surface area contributed by atoms with E-state index in [2.05, 4.69) is 52.9 Å². The Morgan fingerprint density at radius 3 is 2.56 bits per heavy atom. The van der Waals surface area contributed by atoms with Gasteiger partial charge in [0.05, 0.1) is 0 Å². The van der Waals surface area contributed by atoms with E-state index >= 15 is 0 Å². The first-order chi connectivity index (χ1) is 12.2. The van der Waals surface area contributed by atoms with Crippen LogP contribution < -0.4 is 0 Å². The monoisotopic (exact) mass is 337 g/mol. The van der Waals surface area contributed by atoms with Gasteiger partial charge in [-0.25, -0.2) is 0 Å². The van der Waals surface area contributed by atoms with Crippen molar-refractivity contribution in [1.82, 2.24) is 14.4 Å². The number of likely N-dealkylation sites (tertiary alicyclic amines) is 1. The molecule has 0 spiro atoms. The number of carbonyl (C=O) groups excluding carboxylic acids is 1. The predicted molar refractivity (Wildman–Crippen MR) is 99.4 cm³/mol. The van der Waals surface area contributed by atoms with E-state index in [-0.39, 0.29) is 5.91 Å². The molecule has 0 aliphatic carbocycles. The molecule has 3 heterocycles. The number of hydrogen-bond donors (Lipinski definition) is 0. The third kappa shape index (κ3) is 3.36. The Labute approximate surface area is 150 Å². The molecule has 0 saturated carbocycles. The largest absolute Gasteiger partial charge is 0.343 e. The summed E-state index contributed by atoms with van der Waals surface area (Å²) in [5.41, 5.74) is 4.88. The lowest BCUT2D eigenvalue weighted by Crippen LogP contribution is -2.36. The SMILES string of the molecule is Cn1c(C(=O)N2CCCCC2)cc2c1CCN(Cc1ccccc1)C2. The van der Waals surface area contributed by atoms with Crippen LogP contribution in [0.4, 0.5) is 0 Å². The van der Waals surface area contributed by atoms with E-state index < -0.39 is 0 Å². The van der Waals surface area contributed by atoms with Crippen molar-refractivity contribution in [1.29, 1.82) is 0 Å². The molecule has 0 N–H and O–H groups in total. The molecule has 25 heavy (non-hydrogen) atoms. The fourth-order valence-electron chi connectivity index (χ4n) is 4.20. The van der Waals surface area contributed by atoms with Gasteiger partial charge in [0.1, 0.15) is 5.69 Å². The van der Waals surface area contributed by atoms with Gasteiger partial charge in [-0.2, -0.15) is 0 Å². The van der Waals surface area contributed by atoms with Crippen molar-refractivity contribution in [3.05, 3.63) is 58.9 Å². The Morgan fingerprint density at radius 1 is 1.04 bits per heavy atom. The molecular weight excluding hydrogens is 310 g/mol. The normalized spacial score (nSPS) is 18.2. The maximum atomic E-state index is 12.9. The molecule has 1 aromatic carbocycles. The highest BCUT2D eigenvalue weighted by Gasteiger charge is 2.26. The summed E-state index contributed by atoms with van der Waals surface area (Å²) in [4.78, 5) is 17.4. The number of piperidine rings is 1. The van der Waals surface area contributed by atoms with E-state index in [1.54, 1.807) is 0 Å². The fourth-order valence-corrected chi connectivity index (χ4v) is 4.20. The molecular formula is C21H27N3O. The molecule has 2 aliphatic heterocycles. The molecule has 2 aliphatic rings. The molecule has 4 rings (SSSR count). The highest BCUT2D eigenvalue weighted by Crippen LogP contribution is 2.25.